The number of hydrogen-bond acceptors (Lipinski definition) is 2. The predicted molar refractivity (Wildman–Crippen MR) is 49.9 cm³/mol. The van der Waals surface area contributed by atoms with Crippen LogP contribution in [0.3, 0.4) is 0 Å². The van der Waals surface area contributed by atoms with Gasteiger partial charge in [0.05, 0.1) is 4.75 Å². The van der Waals surface area contributed by atoms with Crippen LogP contribution in [0.5, 0.6) is 0 Å². The average molecular weight is 189 g/mol. The first-order valence-corrected chi connectivity index (χ1v) is 5.57. The minimum Gasteiger partial charge on any atom is -0.204 e. The van der Waals surface area contributed by atoms with Crippen LogP contribution in [0, 0.1) is 5.92 Å². The molecule has 0 amide bonds. The lowest BCUT2D eigenvalue weighted by Crippen LogP contribution is -2.25. The second kappa shape index (κ2) is 2.83. The number of sulfonamides is 1. The second-order valence-electron chi connectivity index (χ2n) is 4.18. The summed E-state index contributed by atoms with van der Waals surface area (Å²) in [4.78, 5) is 0. The van der Waals surface area contributed by atoms with Crippen molar-refractivity contribution in [3.8, 4) is 0 Å². The Bertz CT molecular complexity index is 281. The van der Waals surface area contributed by atoms with Crippen molar-refractivity contribution in [2.24, 2.45) is 10.3 Å². The van der Waals surface area contributed by atoms with Crippen molar-refractivity contribution in [3.63, 3.8) is 0 Å². The van der Waals surface area contributed by atoms with E-state index in [1.807, 2.05) is 0 Å². The van der Waals surface area contributed by atoms with Gasteiger partial charge in [0.25, 0.3) is 10.0 Å². The number of rotatable bonds is 2. The molecule has 0 radical (unpaired) electrons. The molecule has 12 heavy (non-hydrogen) atoms. The molecule has 1 fully saturated rings. The molecule has 1 saturated carbocycles. The van der Waals surface area contributed by atoms with E-state index in [2.05, 4.69) is 4.40 Å². The van der Waals surface area contributed by atoms with Crippen molar-refractivity contribution < 1.29 is 8.42 Å². The summed E-state index contributed by atoms with van der Waals surface area (Å²) < 4.78 is 25.6. The van der Waals surface area contributed by atoms with Gasteiger partial charge in [0, 0.05) is 6.21 Å². The van der Waals surface area contributed by atoms with Crippen molar-refractivity contribution >= 4 is 16.2 Å². The molecule has 0 N–H and O–H groups in total. The summed E-state index contributed by atoms with van der Waals surface area (Å²) in [5.41, 5.74) is 0. The molecule has 0 unspecified atom stereocenters. The van der Waals surface area contributed by atoms with Gasteiger partial charge in [0.1, 0.15) is 0 Å². The Labute approximate surface area is 73.9 Å². The van der Waals surface area contributed by atoms with Gasteiger partial charge in [0.15, 0.2) is 0 Å². The highest BCUT2D eigenvalue weighted by molar-refractivity contribution is 7.91. The lowest BCUT2D eigenvalue weighted by molar-refractivity contribution is 0.562. The van der Waals surface area contributed by atoms with E-state index in [0.717, 1.165) is 12.8 Å². The summed E-state index contributed by atoms with van der Waals surface area (Å²) >= 11 is 0. The van der Waals surface area contributed by atoms with Crippen LogP contribution in [0.25, 0.3) is 0 Å². The second-order valence-corrected chi connectivity index (χ2v) is 6.57. The van der Waals surface area contributed by atoms with E-state index in [0.29, 0.717) is 5.92 Å². The summed E-state index contributed by atoms with van der Waals surface area (Å²) in [5, 5.41) is 0. The molecule has 0 aliphatic heterocycles. The highest BCUT2D eigenvalue weighted by atomic mass is 32.2. The van der Waals surface area contributed by atoms with Crippen LogP contribution >= 0.6 is 0 Å². The molecule has 70 valence electrons. The van der Waals surface area contributed by atoms with Gasteiger partial charge >= 0.3 is 0 Å². The maximum Gasteiger partial charge on any atom is 0.257 e. The van der Waals surface area contributed by atoms with Crippen molar-refractivity contribution in [1.82, 2.24) is 0 Å². The Morgan fingerprint density at radius 2 is 1.83 bits per heavy atom. The van der Waals surface area contributed by atoms with E-state index in [1.165, 1.54) is 0 Å². The van der Waals surface area contributed by atoms with Gasteiger partial charge in [-0.25, -0.2) is 8.42 Å². The normalized spacial score (nSPS) is 20.2. The Morgan fingerprint density at radius 3 is 2.17 bits per heavy atom. The molecule has 0 bridgehead atoms. The van der Waals surface area contributed by atoms with E-state index in [9.17, 15) is 8.42 Å². The molecule has 1 aliphatic carbocycles. The summed E-state index contributed by atoms with van der Waals surface area (Å²) in [6.45, 7) is 4.98. The topological polar surface area (TPSA) is 46.5 Å². The first kappa shape index (κ1) is 9.71. The van der Waals surface area contributed by atoms with Crippen molar-refractivity contribution in [1.29, 1.82) is 0 Å². The highest BCUT2D eigenvalue weighted by Gasteiger charge is 2.29. The van der Waals surface area contributed by atoms with Crippen molar-refractivity contribution in [3.05, 3.63) is 0 Å². The molecule has 1 aliphatic rings. The Hall–Kier alpha value is -0.380. The Balaban J connectivity index is 2.72. The van der Waals surface area contributed by atoms with Gasteiger partial charge in [-0.2, -0.15) is 4.40 Å². The molecule has 0 spiro atoms. The standard InChI is InChI=1S/C8H15NO2S/c1-8(2,3)12(10,11)9-6-7-4-5-7/h6-7H,4-5H2,1-3H3. The molecule has 3 nitrogen and oxygen atoms in total. The summed E-state index contributed by atoms with van der Waals surface area (Å²) in [7, 11) is -3.28. The minimum atomic E-state index is -3.28. The zero-order valence-electron chi connectivity index (χ0n) is 7.74. The third-order valence-corrected chi connectivity index (χ3v) is 3.75. The summed E-state index contributed by atoms with van der Waals surface area (Å²) in [5.74, 6) is 0.419. The van der Waals surface area contributed by atoms with E-state index in [1.54, 1.807) is 27.0 Å². The van der Waals surface area contributed by atoms with Crippen molar-refractivity contribution in [2.75, 3.05) is 0 Å². The molecule has 0 aromatic rings. The average Bonchev–Trinajstić information content (AvgIpc) is 2.62. The van der Waals surface area contributed by atoms with Crippen LogP contribution in [0.15, 0.2) is 4.40 Å². The van der Waals surface area contributed by atoms with Crippen LogP contribution in [0.4, 0.5) is 0 Å². The van der Waals surface area contributed by atoms with Gasteiger partial charge in [-0.1, -0.05) is 0 Å². The van der Waals surface area contributed by atoms with E-state index in [-0.39, 0.29) is 0 Å². The van der Waals surface area contributed by atoms with Gasteiger partial charge in [0.2, 0.25) is 0 Å². The smallest absolute Gasteiger partial charge is 0.204 e. The maximum absolute atomic E-state index is 11.4. The fourth-order valence-electron chi connectivity index (χ4n) is 0.570. The molecular weight excluding hydrogens is 174 g/mol. The van der Waals surface area contributed by atoms with Gasteiger partial charge in [-0.05, 0) is 39.5 Å². The van der Waals surface area contributed by atoms with E-state index in [4.69, 9.17) is 0 Å². The van der Waals surface area contributed by atoms with Gasteiger partial charge in [-0.15, -0.1) is 0 Å². The summed E-state index contributed by atoms with van der Waals surface area (Å²) in [6, 6.07) is 0. The van der Waals surface area contributed by atoms with Crippen LogP contribution in [-0.2, 0) is 10.0 Å². The third kappa shape index (κ3) is 2.30. The predicted octanol–water partition coefficient (Wildman–Crippen LogP) is 1.60. The molecule has 0 aromatic carbocycles. The molecular formula is C8H15NO2S. The minimum absolute atomic E-state index is 0.419. The van der Waals surface area contributed by atoms with Crippen LogP contribution in [0.1, 0.15) is 33.6 Å². The zero-order chi connectivity index (χ0) is 9.41. The largest absolute Gasteiger partial charge is 0.257 e. The molecule has 1 rings (SSSR count). The Morgan fingerprint density at radius 1 is 1.33 bits per heavy atom. The Kier molecular flexibility index (Phi) is 2.29. The molecule has 0 saturated heterocycles. The quantitative estimate of drug-likeness (QED) is 0.619. The fourth-order valence-corrected chi connectivity index (χ4v) is 1.22. The maximum atomic E-state index is 11.4. The molecule has 0 aromatic heterocycles. The number of nitrogens with zero attached hydrogens (tertiary/aromatic N) is 1. The lowest BCUT2D eigenvalue weighted by Gasteiger charge is -2.14. The van der Waals surface area contributed by atoms with Gasteiger partial charge < -0.3 is 0 Å². The van der Waals surface area contributed by atoms with Gasteiger partial charge in [-0.3, -0.25) is 0 Å². The van der Waals surface area contributed by atoms with E-state index < -0.39 is 14.8 Å². The first-order valence-electron chi connectivity index (χ1n) is 4.13. The fraction of sp³-hybridized carbons (Fsp3) is 0.875. The first-order chi connectivity index (χ1) is 5.33. The lowest BCUT2D eigenvalue weighted by atomic mass is 10.3. The SMILES string of the molecule is CC(C)(C)S(=O)(=O)N=CC1CC1. The molecule has 0 heterocycles. The van der Waals surface area contributed by atoms with Crippen LogP contribution in [0.2, 0.25) is 0 Å². The summed E-state index contributed by atoms with van der Waals surface area (Å²) in [6.07, 6.45) is 3.74. The van der Waals surface area contributed by atoms with Crippen molar-refractivity contribution in [2.45, 2.75) is 38.4 Å². The monoisotopic (exact) mass is 189 g/mol. The zero-order valence-corrected chi connectivity index (χ0v) is 8.56. The van der Waals surface area contributed by atoms with Crippen LogP contribution < -0.4 is 0 Å². The number of hydrogen-bond donors (Lipinski definition) is 0. The highest BCUT2D eigenvalue weighted by Crippen LogP contribution is 2.27. The van der Waals surface area contributed by atoms with E-state index >= 15 is 0 Å². The third-order valence-electron chi connectivity index (χ3n) is 1.81. The molecule has 0 atom stereocenters. The van der Waals surface area contributed by atoms with Crippen LogP contribution in [-0.4, -0.2) is 19.4 Å². The molecule has 4 heteroatoms.